The van der Waals surface area contributed by atoms with E-state index in [2.05, 4.69) is 24.1 Å². The SMILES string of the molecule is CCCNCC(C)CSc1ncccc1Cl. The monoisotopic (exact) mass is 258 g/mol. The molecule has 0 spiro atoms. The van der Waals surface area contributed by atoms with Gasteiger partial charge in [-0.2, -0.15) is 0 Å². The van der Waals surface area contributed by atoms with Crippen molar-refractivity contribution in [3.63, 3.8) is 0 Å². The van der Waals surface area contributed by atoms with Crippen molar-refractivity contribution < 1.29 is 0 Å². The summed E-state index contributed by atoms with van der Waals surface area (Å²) in [5.74, 6) is 1.68. The van der Waals surface area contributed by atoms with Gasteiger partial charge >= 0.3 is 0 Å². The Balaban J connectivity index is 2.26. The van der Waals surface area contributed by atoms with E-state index in [0.717, 1.165) is 28.9 Å². The molecule has 0 saturated heterocycles. The predicted octanol–water partition coefficient (Wildman–Crippen LogP) is 3.46. The van der Waals surface area contributed by atoms with Gasteiger partial charge in [-0.25, -0.2) is 4.98 Å². The zero-order valence-corrected chi connectivity index (χ0v) is 11.4. The second-order valence-corrected chi connectivity index (χ2v) is 5.33. The van der Waals surface area contributed by atoms with E-state index in [9.17, 15) is 0 Å². The molecule has 0 fully saturated rings. The lowest BCUT2D eigenvalue weighted by Gasteiger charge is -2.11. The highest BCUT2D eigenvalue weighted by Gasteiger charge is 2.05. The largest absolute Gasteiger partial charge is 0.316 e. The average molecular weight is 259 g/mol. The fourth-order valence-electron chi connectivity index (χ4n) is 1.28. The molecule has 0 aliphatic rings. The van der Waals surface area contributed by atoms with Crippen molar-refractivity contribution in [1.29, 1.82) is 0 Å². The minimum atomic E-state index is 0.634. The third-order valence-corrected chi connectivity index (χ3v) is 3.90. The van der Waals surface area contributed by atoms with Gasteiger partial charge in [0.1, 0.15) is 5.03 Å². The Morgan fingerprint density at radius 1 is 1.56 bits per heavy atom. The Hall–Kier alpha value is -0.250. The number of nitrogens with zero attached hydrogens (tertiary/aromatic N) is 1. The molecule has 0 aliphatic heterocycles. The number of nitrogens with one attached hydrogen (secondary N) is 1. The molecule has 1 aromatic rings. The van der Waals surface area contributed by atoms with Crippen molar-refractivity contribution in [3.05, 3.63) is 23.4 Å². The summed E-state index contributed by atoms with van der Waals surface area (Å²) in [6, 6.07) is 3.75. The molecule has 4 heteroatoms. The summed E-state index contributed by atoms with van der Waals surface area (Å²) in [5.41, 5.74) is 0. The van der Waals surface area contributed by atoms with Crippen molar-refractivity contribution in [2.24, 2.45) is 5.92 Å². The van der Waals surface area contributed by atoms with E-state index in [-0.39, 0.29) is 0 Å². The molecule has 2 nitrogen and oxygen atoms in total. The summed E-state index contributed by atoms with van der Waals surface area (Å²) < 4.78 is 0. The lowest BCUT2D eigenvalue weighted by molar-refractivity contribution is 0.557. The number of halogens is 1. The Bertz CT molecular complexity index is 307. The van der Waals surface area contributed by atoms with Crippen molar-refractivity contribution >= 4 is 23.4 Å². The summed E-state index contributed by atoms with van der Waals surface area (Å²) in [5, 5.41) is 5.11. The summed E-state index contributed by atoms with van der Waals surface area (Å²) in [6.45, 7) is 6.58. The smallest absolute Gasteiger partial charge is 0.115 e. The highest BCUT2D eigenvalue weighted by atomic mass is 35.5. The number of pyridine rings is 1. The van der Waals surface area contributed by atoms with E-state index in [1.54, 1.807) is 18.0 Å². The molecular weight excluding hydrogens is 240 g/mol. The van der Waals surface area contributed by atoms with Gasteiger partial charge in [0.05, 0.1) is 5.02 Å². The first-order valence-electron chi connectivity index (χ1n) is 5.68. The van der Waals surface area contributed by atoms with E-state index in [4.69, 9.17) is 11.6 Å². The van der Waals surface area contributed by atoms with Gasteiger partial charge in [0, 0.05) is 11.9 Å². The minimum absolute atomic E-state index is 0.634. The molecule has 1 N–H and O–H groups in total. The van der Waals surface area contributed by atoms with Crippen LogP contribution in [0.2, 0.25) is 5.02 Å². The first-order chi connectivity index (χ1) is 7.74. The van der Waals surface area contributed by atoms with Crippen LogP contribution in [0, 0.1) is 5.92 Å². The first-order valence-corrected chi connectivity index (χ1v) is 7.04. The molecule has 0 aliphatic carbocycles. The van der Waals surface area contributed by atoms with Gasteiger partial charge in [-0.3, -0.25) is 0 Å². The molecule has 0 radical (unpaired) electrons. The predicted molar refractivity (Wildman–Crippen MR) is 72.3 cm³/mol. The maximum absolute atomic E-state index is 6.04. The van der Waals surface area contributed by atoms with Crippen LogP contribution < -0.4 is 5.32 Å². The van der Waals surface area contributed by atoms with Crippen molar-refractivity contribution in [1.82, 2.24) is 10.3 Å². The second kappa shape index (κ2) is 7.93. The van der Waals surface area contributed by atoms with Crippen LogP contribution in [0.1, 0.15) is 20.3 Å². The highest BCUT2D eigenvalue weighted by molar-refractivity contribution is 7.99. The molecule has 0 aromatic carbocycles. The molecule has 90 valence electrons. The summed E-state index contributed by atoms with van der Waals surface area (Å²) in [4.78, 5) is 4.26. The Kier molecular flexibility index (Phi) is 6.85. The fourth-order valence-corrected chi connectivity index (χ4v) is 2.47. The van der Waals surface area contributed by atoms with Gasteiger partial charge in [-0.1, -0.05) is 25.4 Å². The lowest BCUT2D eigenvalue weighted by Crippen LogP contribution is -2.23. The molecule has 16 heavy (non-hydrogen) atoms. The van der Waals surface area contributed by atoms with Gasteiger partial charge in [-0.15, -0.1) is 11.8 Å². The number of hydrogen-bond donors (Lipinski definition) is 1. The molecule has 0 amide bonds. The van der Waals surface area contributed by atoms with E-state index < -0.39 is 0 Å². The maximum Gasteiger partial charge on any atom is 0.115 e. The van der Waals surface area contributed by atoms with E-state index in [1.165, 1.54) is 6.42 Å². The zero-order valence-electron chi connectivity index (χ0n) is 9.87. The van der Waals surface area contributed by atoms with Crippen LogP contribution in [0.15, 0.2) is 23.4 Å². The van der Waals surface area contributed by atoms with Crippen molar-refractivity contribution in [2.45, 2.75) is 25.3 Å². The Morgan fingerprint density at radius 3 is 3.06 bits per heavy atom. The van der Waals surface area contributed by atoms with Gasteiger partial charge in [0.25, 0.3) is 0 Å². The van der Waals surface area contributed by atoms with Crippen LogP contribution in [-0.4, -0.2) is 23.8 Å². The number of rotatable bonds is 7. The van der Waals surface area contributed by atoms with Crippen molar-refractivity contribution in [3.8, 4) is 0 Å². The normalized spacial score (nSPS) is 12.7. The highest BCUT2D eigenvalue weighted by Crippen LogP contribution is 2.25. The summed E-state index contributed by atoms with van der Waals surface area (Å²) >= 11 is 7.77. The zero-order chi connectivity index (χ0) is 11.8. The van der Waals surface area contributed by atoms with Crippen LogP contribution in [0.5, 0.6) is 0 Å². The van der Waals surface area contributed by atoms with Crippen LogP contribution >= 0.6 is 23.4 Å². The summed E-state index contributed by atoms with van der Waals surface area (Å²) in [6.07, 6.45) is 2.97. The van der Waals surface area contributed by atoms with Gasteiger partial charge in [-0.05, 0) is 37.6 Å². The Morgan fingerprint density at radius 2 is 2.38 bits per heavy atom. The third-order valence-electron chi connectivity index (χ3n) is 2.15. The number of hydrogen-bond acceptors (Lipinski definition) is 3. The Labute approximate surface area is 107 Å². The topological polar surface area (TPSA) is 24.9 Å². The lowest BCUT2D eigenvalue weighted by atomic mass is 10.2. The molecule has 0 bridgehead atoms. The van der Waals surface area contributed by atoms with E-state index >= 15 is 0 Å². The van der Waals surface area contributed by atoms with E-state index in [0.29, 0.717) is 5.92 Å². The van der Waals surface area contributed by atoms with Crippen LogP contribution in [0.4, 0.5) is 0 Å². The maximum atomic E-state index is 6.04. The minimum Gasteiger partial charge on any atom is -0.316 e. The molecule has 1 rings (SSSR count). The average Bonchev–Trinajstić information content (AvgIpc) is 2.28. The molecule has 1 aromatic heterocycles. The molecule has 1 atom stereocenters. The molecule has 0 saturated carbocycles. The van der Waals surface area contributed by atoms with Crippen LogP contribution in [-0.2, 0) is 0 Å². The molecular formula is C12H19ClN2S. The quantitative estimate of drug-likeness (QED) is 0.599. The first kappa shape index (κ1) is 13.8. The second-order valence-electron chi connectivity index (χ2n) is 3.91. The van der Waals surface area contributed by atoms with Crippen LogP contribution in [0.3, 0.4) is 0 Å². The van der Waals surface area contributed by atoms with Gasteiger partial charge in [0.15, 0.2) is 0 Å². The van der Waals surface area contributed by atoms with Crippen LogP contribution in [0.25, 0.3) is 0 Å². The van der Waals surface area contributed by atoms with Crippen molar-refractivity contribution in [2.75, 3.05) is 18.8 Å². The molecule has 1 heterocycles. The third kappa shape index (κ3) is 5.19. The number of aromatic nitrogens is 1. The summed E-state index contributed by atoms with van der Waals surface area (Å²) in [7, 11) is 0. The number of thioether (sulfide) groups is 1. The van der Waals surface area contributed by atoms with Gasteiger partial charge < -0.3 is 5.32 Å². The standard InChI is InChI=1S/C12H19ClN2S/c1-3-6-14-8-10(2)9-16-12-11(13)5-4-7-15-12/h4-5,7,10,14H,3,6,8-9H2,1-2H3. The van der Waals surface area contributed by atoms with Gasteiger partial charge in [0.2, 0.25) is 0 Å². The molecule has 1 unspecified atom stereocenters. The van der Waals surface area contributed by atoms with E-state index in [1.807, 2.05) is 12.1 Å². The fraction of sp³-hybridized carbons (Fsp3) is 0.583.